The van der Waals surface area contributed by atoms with Crippen LogP contribution in [0.3, 0.4) is 0 Å². The fraction of sp³-hybridized carbons (Fsp3) is 0.345. The summed E-state index contributed by atoms with van der Waals surface area (Å²) >= 11 is 0. The Morgan fingerprint density at radius 3 is 2.73 bits per heavy atom. The third-order valence-corrected chi connectivity index (χ3v) is 6.72. The Labute approximate surface area is 216 Å². The number of aliphatic hydroxyl groups is 2. The number of nitrogens with one attached hydrogen (secondary N) is 2. The van der Waals surface area contributed by atoms with Crippen molar-refractivity contribution >= 4 is 17.2 Å². The monoisotopic (exact) mass is 499 g/mol. The number of aryl methyl sites for hydroxylation is 1. The van der Waals surface area contributed by atoms with Crippen molar-refractivity contribution in [1.29, 1.82) is 0 Å². The molecular weight excluding hydrogens is 466 g/mol. The molecule has 1 saturated carbocycles. The molecule has 0 spiro atoms. The maximum atomic E-state index is 12.6. The number of nitrogens with zero attached hydrogens (tertiary/aromatic N) is 3. The van der Waals surface area contributed by atoms with Crippen LogP contribution < -0.4 is 10.6 Å². The average molecular weight is 500 g/mol. The Bertz CT molecular complexity index is 1420. The van der Waals surface area contributed by atoms with Gasteiger partial charge in [-0.15, -0.1) is 0 Å². The summed E-state index contributed by atoms with van der Waals surface area (Å²) in [7, 11) is 0. The van der Waals surface area contributed by atoms with Crippen molar-refractivity contribution in [2.24, 2.45) is 0 Å². The third kappa shape index (κ3) is 5.50. The van der Waals surface area contributed by atoms with E-state index in [0.29, 0.717) is 35.9 Å². The van der Waals surface area contributed by atoms with E-state index in [1.54, 1.807) is 13.1 Å². The Morgan fingerprint density at radius 2 is 2.00 bits per heavy atom. The summed E-state index contributed by atoms with van der Waals surface area (Å²) in [4.78, 5) is 17.3. The molecule has 0 radical (unpaired) electrons. The van der Waals surface area contributed by atoms with Gasteiger partial charge in [-0.3, -0.25) is 4.79 Å². The van der Waals surface area contributed by atoms with Crippen molar-refractivity contribution in [2.45, 2.75) is 58.3 Å². The molecule has 1 fully saturated rings. The molecular formula is C29H33N5O3. The molecule has 4 N–H and O–H groups in total. The Morgan fingerprint density at radius 1 is 1.19 bits per heavy atom. The molecule has 1 aliphatic carbocycles. The molecule has 0 saturated heterocycles. The molecule has 5 rings (SSSR count). The number of carbonyl (C=O) groups excluding carboxylic acids is 1. The number of rotatable bonds is 10. The largest absolute Gasteiger partial charge is 0.393 e. The molecule has 1 amide bonds. The van der Waals surface area contributed by atoms with Crippen LogP contribution in [0.2, 0.25) is 0 Å². The molecule has 2 aromatic heterocycles. The predicted molar refractivity (Wildman–Crippen MR) is 144 cm³/mol. The second-order valence-electron chi connectivity index (χ2n) is 9.83. The minimum absolute atomic E-state index is 0.0330. The van der Waals surface area contributed by atoms with Gasteiger partial charge >= 0.3 is 0 Å². The molecule has 0 aliphatic heterocycles. The highest BCUT2D eigenvalue weighted by Crippen LogP contribution is 2.31. The Balaban J connectivity index is 1.55. The third-order valence-electron chi connectivity index (χ3n) is 6.72. The number of hydrogen-bond donors (Lipinski definition) is 4. The number of fused-ring (bicyclic) bond motifs is 1. The van der Waals surface area contributed by atoms with Gasteiger partial charge in [0.1, 0.15) is 0 Å². The maximum Gasteiger partial charge on any atom is 0.251 e. The molecule has 37 heavy (non-hydrogen) atoms. The second kappa shape index (κ2) is 10.7. The highest BCUT2D eigenvalue weighted by Gasteiger charge is 2.24. The molecule has 2 heterocycles. The first-order valence-corrected chi connectivity index (χ1v) is 12.9. The van der Waals surface area contributed by atoms with Gasteiger partial charge < -0.3 is 20.8 Å². The van der Waals surface area contributed by atoms with E-state index in [-0.39, 0.29) is 18.6 Å². The van der Waals surface area contributed by atoms with E-state index < -0.39 is 0 Å². The van der Waals surface area contributed by atoms with Gasteiger partial charge in [0, 0.05) is 29.3 Å². The van der Waals surface area contributed by atoms with Crippen LogP contribution in [-0.2, 0) is 6.61 Å². The zero-order valence-electron chi connectivity index (χ0n) is 21.2. The standard InChI is InChI=1S/C29H33N5O3/c1-18-14-20(9-12-23(18)29(37)32-22-10-11-22)27-16-31-28-26(30-13-5-6-19(2)36)15-25(33-34(27)28)24-8-4-3-7-21(24)17-35/h3-4,7-9,12,14-16,19,22,30,35-36H,5-6,10-11,13,17H2,1-2H3,(H,32,37). The van der Waals surface area contributed by atoms with Crippen molar-refractivity contribution in [1.82, 2.24) is 19.9 Å². The summed E-state index contributed by atoms with van der Waals surface area (Å²) in [5.41, 5.74) is 7.15. The first-order valence-electron chi connectivity index (χ1n) is 12.9. The van der Waals surface area contributed by atoms with Crippen LogP contribution in [-0.4, -0.2) is 49.4 Å². The predicted octanol–water partition coefficient (Wildman–Crippen LogP) is 4.33. The van der Waals surface area contributed by atoms with Crippen molar-refractivity contribution < 1.29 is 15.0 Å². The molecule has 4 aromatic rings. The number of aromatic nitrogens is 3. The van der Waals surface area contributed by atoms with Crippen LogP contribution in [0.4, 0.5) is 5.69 Å². The first-order chi connectivity index (χ1) is 17.9. The average Bonchev–Trinajstić information content (AvgIpc) is 3.60. The molecule has 2 aromatic carbocycles. The van der Waals surface area contributed by atoms with E-state index in [4.69, 9.17) is 5.10 Å². The molecule has 1 aliphatic rings. The van der Waals surface area contributed by atoms with E-state index in [1.807, 2.05) is 60.0 Å². The van der Waals surface area contributed by atoms with Gasteiger partial charge in [-0.1, -0.05) is 30.3 Å². The SMILES string of the molecule is Cc1cc(-c2cnc3c(NCCCC(C)O)cc(-c4ccccc4CO)nn23)ccc1C(=O)NC1CC1. The summed E-state index contributed by atoms with van der Waals surface area (Å²) in [6.45, 7) is 4.32. The van der Waals surface area contributed by atoms with E-state index in [1.165, 1.54) is 0 Å². The van der Waals surface area contributed by atoms with Gasteiger partial charge in [-0.2, -0.15) is 5.10 Å². The summed E-state index contributed by atoms with van der Waals surface area (Å²) in [5, 5.41) is 31.0. The van der Waals surface area contributed by atoms with Gasteiger partial charge in [-0.05, 0) is 68.9 Å². The molecule has 1 atom stereocenters. The Kier molecular flexibility index (Phi) is 7.21. The normalized spacial score (nSPS) is 14.1. The van der Waals surface area contributed by atoms with Crippen LogP contribution in [0.25, 0.3) is 28.2 Å². The molecule has 192 valence electrons. The zero-order chi connectivity index (χ0) is 25.9. The van der Waals surface area contributed by atoms with Crippen molar-refractivity contribution in [3.8, 4) is 22.5 Å². The summed E-state index contributed by atoms with van der Waals surface area (Å²) < 4.78 is 1.82. The smallest absolute Gasteiger partial charge is 0.251 e. The summed E-state index contributed by atoms with van der Waals surface area (Å²) in [6.07, 6.45) is 5.06. The Hall–Kier alpha value is -3.75. The van der Waals surface area contributed by atoms with E-state index in [0.717, 1.165) is 52.9 Å². The summed E-state index contributed by atoms with van der Waals surface area (Å²) in [5.74, 6) is -0.0330. The van der Waals surface area contributed by atoms with Crippen molar-refractivity contribution in [3.63, 3.8) is 0 Å². The lowest BCUT2D eigenvalue weighted by Gasteiger charge is -2.14. The topological polar surface area (TPSA) is 112 Å². The van der Waals surface area contributed by atoms with Crippen molar-refractivity contribution in [2.75, 3.05) is 11.9 Å². The van der Waals surface area contributed by atoms with Gasteiger partial charge in [-0.25, -0.2) is 9.50 Å². The maximum absolute atomic E-state index is 12.6. The van der Waals surface area contributed by atoms with E-state index >= 15 is 0 Å². The fourth-order valence-corrected chi connectivity index (χ4v) is 4.52. The number of imidazole rings is 1. The highest BCUT2D eigenvalue weighted by molar-refractivity contribution is 5.96. The first kappa shape index (κ1) is 24.9. The summed E-state index contributed by atoms with van der Waals surface area (Å²) in [6, 6.07) is 15.7. The van der Waals surface area contributed by atoms with Crippen LogP contribution in [0.5, 0.6) is 0 Å². The van der Waals surface area contributed by atoms with Crippen molar-refractivity contribution in [3.05, 3.63) is 71.4 Å². The number of anilines is 1. The van der Waals surface area contributed by atoms with Crippen LogP contribution in [0, 0.1) is 6.92 Å². The van der Waals surface area contributed by atoms with Crippen LogP contribution in [0.15, 0.2) is 54.7 Å². The zero-order valence-corrected chi connectivity index (χ0v) is 21.2. The van der Waals surface area contributed by atoms with Gasteiger partial charge in [0.05, 0.1) is 36.0 Å². The van der Waals surface area contributed by atoms with Gasteiger partial charge in [0.2, 0.25) is 0 Å². The fourth-order valence-electron chi connectivity index (χ4n) is 4.52. The minimum atomic E-state index is -0.346. The van der Waals surface area contributed by atoms with Gasteiger partial charge in [0.15, 0.2) is 5.65 Å². The number of benzene rings is 2. The second-order valence-corrected chi connectivity index (χ2v) is 9.83. The minimum Gasteiger partial charge on any atom is -0.393 e. The van der Waals surface area contributed by atoms with Crippen LogP contribution >= 0.6 is 0 Å². The highest BCUT2D eigenvalue weighted by atomic mass is 16.3. The quantitative estimate of drug-likeness (QED) is 0.242. The number of amides is 1. The molecule has 1 unspecified atom stereocenters. The number of aliphatic hydroxyl groups excluding tert-OH is 2. The van der Waals surface area contributed by atoms with E-state index in [9.17, 15) is 15.0 Å². The number of hydrogen-bond acceptors (Lipinski definition) is 6. The molecule has 0 bridgehead atoms. The lowest BCUT2D eigenvalue weighted by atomic mass is 10.0. The van der Waals surface area contributed by atoms with Crippen LogP contribution in [0.1, 0.15) is 54.1 Å². The lowest BCUT2D eigenvalue weighted by Crippen LogP contribution is -2.26. The van der Waals surface area contributed by atoms with E-state index in [2.05, 4.69) is 15.6 Å². The lowest BCUT2D eigenvalue weighted by molar-refractivity contribution is 0.0950. The van der Waals surface area contributed by atoms with Gasteiger partial charge in [0.25, 0.3) is 5.91 Å². The number of carbonyl (C=O) groups is 1. The molecule has 8 heteroatoms. The molecule has 8 nitrogen and oxygen atoms in total.